The van der Waals surface area contributed by atoms with Crippen molar-refractivity contribution < 1.29 is 4.39 Å². The molecule has 0 heterocycles. The first-order valence-corrected chi connectivity index (χ1v) is 4.22. The molecule has 0 aliphatic rings. The summed E-state index contributed by atoms with van der Waals surface area (Å²) in [7, 11) is 0. The first kappa shape index (κ1) is 9.73. The van der Waals surface area contributed by atoms with Crippen LogP contribution in [0.3, 0.4) is 0 Å². The van der Waals surface area contributed by atoms with Crippen LogP contribution in [0, 0.1) is 31.0 Å². The summed E-state index contributed by atoms with van der Waals surface area (Å²) in [6.07, 6.45) is 0. The number of hydrogen-bond donors (Lipinski definition) is 0. The van der Waals surface area contributed by atoms with E-state index in [9.17, 15) is 4.39 Å². The lowest BCUT2D eigenvalue weighted by atomic mass is 9.97. The van der Waals surface area contributed by atoms with Crippen molar-refractivity contribution in [2.45, 2.75) is 26.7 Å². The quantitative estimate of drug-likeness (QED) is 0.646. The summed E-state index contributed by atoms with van der Waals surface area (Å²) >= 11 is 0. The Morgan fingerprint density at radius 1 is 1.38 bits per heavy atom. The lowest BCUT2D eigenvalue weighted by molar-refractivity contribution is 0.596. The lowest BCUT2D eigenvalue weighted by Crippen LogP contribution is -1.98. The van der Waals surface area contributed by atoms with Gasteiger partial charge in [0.1, 0.15) is 5.82 Å². The molecule has 0 N–H and O–H groups in total. The number of nitrogens with zero attached hydrogens (tertiary/aromatic N) is 1. The molecule has 1 atom stereocenters. The second-order valence-electron chi connectivity index (χ2n) is 3.34. The zero-order chi connectivity index (χ0) is 10.0. The average Bonchev–Trinajstić information content (AvgIpc) is 2.10. The van der Waals surface area contributed by atoms with Gasteiger partial charge in [0, 0.05) is 5.56 Å². The monoisotopic (exact) mass is 177 g/mol. The first-order valence-electron chi connectivity index (χ1n) is 4.22. The summed E-state index contributed by atoms with van der Waals surface area (Å²) in [5.74, 6) is -0.627. The highest BCUT2D eigenvalue weighted by molar-refractivity contribution is 5.34. The summed E-state index contributed by atoms with van der Waals surface area (Å²) in [6, 6.07) is 5.55. The van der Waals surface area contributed by atoms with E-state index in [1.807, 2.05) is 13.0 Å². The molecule has 1 rings (SSSR count). The fourth-order valence-electron chi connectivity index (χ4n) is 1.37. The number of nitriles is 1. The van der Waals surface area contributed by atoms with Crippen LogP contribution in [0.5, 0.6) is 0 Å². The first-order chi connectivity index (χ1) is 6.06. The number of aryl methyl sites for hydroxylation is 2. The van der Waals surface area contributed by atoms with Crippen molar-refractivity contribution in [3.8, 4) is 6.07 Å². The summed E-state index contributed by atoms with van der Waals surface area (Å²) < 4.78 is 13.5. The van der Waals surface area contributed by atoms with Gasteiger partial charge in [0.2, 0.25) is 0 Å². The van der Waals surface area contributed by atoms with Gasteiger partial charge in [-0.15, -0.1) is 0 Å². The predicted octanol–water partition coefficient (Wildman–Crippen LogP) is 3.07. The van der Waals surface area contributed by atoms with Gasteiger partial charge in [0.25, 0.3) is 0 Å². The molecule has 0 aliphatic carbocycles. The van der Waals surface area contributed by atoms with Crippen molar-refractivity contribution >= 4 is 0 Å². The summed E-state index contributed by atoms with van der Waals surface area (Å²) in [4.78, 5) is 0. The van der Waals surface area contributed by atoms with E-state index in [0.717, 1.165) is 5.56 Å². The number of hydrogen-bond acceptors (Lipinski definition) is 1. The fourth-order valence-corrected chi connectivity index (χ4v) is 1.37. The number of halogens is 1. The molecule has 0 bridgehead atoms. The second-order valence-corrected chi connectivity index (χ2v) is 3.34. The largest absolute Gasteiger partial charge is 0.206 e. The van der Waals surface area contributed by atoms with Crippen molar-refractivity contribution in [3.05, 3.63) is 34.6 Å². The highest BCUT2D eigenvalue weighted by atomic mass is 19.1. The maximum absolute atomic E-state index is 13.5. The molecule has 1 nitrogen and oxygen atoms in total. The minimum absolute atomic E-state index is 0.250. The van der Waals surface area contributed by atoms with Crippen LogP contribution >= 0.6 is 0 Å². The van der Waals surface area contributed by atoms with Crippen LogP contribution in [-0.2, 0) is 0 Å². The zero-order valence-corrected chi connectivity index (χ0v) is 8.06. The van der Waals surface area contributed by atoms with E-state index in [2.05, 4.69) is 0 Å². The third-order valence-electron chi connectivity index (χ3n) is 2.09. The smallest absolute Gasteiger partial charge is 0.130 e. The molecule has 0 radical (unpaired) electrons. The Kier molecular flexibility index (Phi) is 2.67. The third kappa shape index (κ3) is 1.86. The van der Waals surface area contributed by atoms with Gasteiger partial charge in [0.05, 0.1) is 12.0 Å². The Bertz CT molecular complexity index is 363. The lowest BCUT2D eigenvalue weighted by Gasteiger charge is -2.08. The highest BCUT2D eigenvalue weighted by Crippen LogP contribution is 2.22. The van der Waals surface area contributed by atoms with Crippen LogP contribution in [0.2, 0.25) is 0 Å². The van der Waals surface area contributed by atoms with Crippen LogP contribution in [0.25, 0.3) is 0 Å². The molecule has 1 unspecified atom stereocenters. The molecule has 0 aromatic heterocycles. The SMILES string of the molecule is Cc1cc(C)c(F)c(C(C)C#N)c1. The van der Waals surface area contributed by atoms with Crippen LogP contribution in [0.1, 0.15) is 29.5 Å². The van der Waals surface area contributed by atoms with E-state index in [1.54, 1.807) is 26.0 Å². The van der Waals surface area contributed by atoms with E-state index in [4.69, 9.17) is 5.26 Å². The van der Waals surface area contributed by atoms with E-state index >= 15 is 0 Å². The third-order valence-corrected chi connectivity index (χ3v) is 2.09. The van der Waals surface area contributed by atoms with Gasteiger partial charge in [-0.2, -0.15) is 5.26 Å². The highest BCUT2D eigenvalue weighted by Gasteiger charge is 2.12. The molecule has 2 heteroatoms. The molecule has 0 amide bonds. The van der Waals surface area contributed by atoms with Crippen LogP contribution < -0.4 is 0 Å². The van der Waals surface area contributed by atoms with Gasteiger partial charge in [-0.05, 0) is 26.3 Å². The van der Waals surface area contributed by atoms with E-state index < -0.39 is 0 Å². The Morgan fingerprint density at radius 3 is 2.54 bits per heavy atom. The van der Waals surface area contributed by atoms with Gasteiger partial charge < -0.3 is 0 Å². The molecule has 1 aromatic carbocycles. The maximum Gasteiger partial charge on any atom is 0.130 e. The van der Waals surface area contributed by atoms with Crippen LogP contribution in [0.4, 0.5) is 4.39 Å². The minimum atomic E-state index is -0.376. The Hall–Kier alpha value is -1.36. The molecule has 0 fully saturated rings. The van der Waals surface area contributed by atoms with E-state index in [0.29, 0.717) is 11.1 Å². The van der Waals surface area contributed by atoms with Crippen LogP contribution in [0.15, 0.2) is 12.1 Å². The van der Waals surface area contributed by atoms with Gasteiger partial charge in [-0.25, -0.2) is 4.39 Å². The minimum Gasteiger partial charge on any atom is -0.206 e. The average molecular weight is 177 g/mol. The summed E-state index contributed by atoms with van der Waals surface area (Å²) in [5, 5.41) is 8.68. The normalized spacial score (nSPS) is 12.2. The fraction of sp³-hybridized carbons (Fsp3) is 0.364. The van der Waals surface area contributed by atoms with Crippen molar-refractivity contribution in [2.24, 2.45) is 0 Å². The van der Waals surface area contributed by atoms with Crippen molar-refractivity contribution in [1.82, 2.24) is 0 Å². The van der Waals surface area contributed by atoms with Crippen molar-refractivity contribution in [3.63, 3.8) is 0 Å². The van der Waals surface area contributed by atoms with E-state index in [1.165, 1.54) is 0 Å². The molecular formula is C11H12FN. The zero-order valence-electron chi connectivity index (χ0n) is 8.06. The summed E-state index contributed by atoms with van der Waals surface area (Å²) in [5.41, 5.74) is 2.10. The van der Waals surface area contributed by atoms with Gasteiger partial charge >= 0.3 is 0 Å². The second kappa shape index (κ2) is 3.57. The van der Waals surface area contributed by atoms with Crippen LogP contribution in [-0.4, -0.2) is 0 Å². The van der Waals surface area contributed by atoms with E-state index in [-0.39, 0.29) is 11.7 Å². The summed E-state index contributed by atoms with van der Waals surface area (Å²) in [6.45, 7) is 5.33. The molecular weight excluding hydrogens is 165 g/mol. The molecule has 1 aromatic rings. The Balaban J connectivity index is 3.30. The molecule has 0 spiro atoms. The molecule has 0 aliphatic heterocycles. The topological polar surface area (TPSA) is 23.8 Å². The van der Waals surface area contributed by atoms with Crippen molar-refractivity contribution in [2.75, 3.05) is 0 Å². The Labute approximate surface area is 77.8 Å². The van der Waals surface area contributed by atoms with Gasteiger partial charge in [0.15, 0.2) is 0 Å². The predicted molar refractivity (Wildman–Crippen MR) is 49.9 cm³/mol. The molecule has 13 heavy (non-hydrogen) atoms. The maximum atomic E-state index is 13.5. The van der Waals surface area contributed by atoms with Gasteiger partial charge in [-0.1, -0.05) is 17.7 Å². The van der Waals surface area contributed by atoms with Gasteiger partial charge in [-0.3, -0.25) is 0 Å². The number of benzene rings is 1. The Morgan fingerprint density at radius 2 is 2.00 bits per heavy atom. The molecule has 0 saturated heterocycles. The molecule has 68 valence electrons. The number of rotatable bonds is 1. The van der Waals surface area contributed by atoms with Crippen molar-refractivity contribution in [1.29, 1.82) is 5.26 Å². The molecule has 0 saturated carbocycles. The standard InChI is InChI=1S/C11H12FN/c1-7-4-8(2)11(12)10(5-7)9(3)6-13/h4-5,9H,1-3H3.